The third kappa shape index (κ3) is 4.84. The van der Waals surface area contributed by atoms with Crippen LogP contribution >= 0.6 is 0 Å². The zero-order valence-electron chi connectivity index (χ0n) is 15.4. The maximum atomic E-state index is 13.6. The number of carbonyl (C=O) groups is 3. The van der Waals surface area contributed by atoms with E-state index in [0.717, 1.165) is 6.41 Å². The molecule has 3 amide bonds. The molecule has 1 aromatic rings. The summed E-state index contributed by atoms with van der Waals surface area (Å²) in [5.41, 5.74) is 0.476. The molecule has 146 valence electrons. The lowest BCUT2D eigenvalue weighted by Gasteiger charge is -2.36. The van der Waals surface area contributed by atoms with Crippen LogP contribution in [0.25, 0.3) is 0 Å². The maximum Gasteiger partial charge on any atom is 0.225 e. The highest BCUT2D eigenvalue weighted by atomic mass is 19.1. The van der Waals surface area contributed by atoms with Crippen LogP contribution in [0.2, 0.25) is 0 Å². The molecule has 6 nitrogen and oxygen atoms in total. The quantitative estimate of drug-likeness (QED) is 0.794. The number of rotatable bonds is 5. The molecule has 1 aliphatic carbocycles. The lowest BCUT2D eigenvalue weighted by atomic mass is 9.80. The first kappa shape index (κ1) is 19.3. The Hall–Kier alpha value is -2.44. The van der Waals surface area contributed by atoms with Crippen LogP contribution in [0, 0.1) is 17.7 Å². The predicted octanol–water partition coefficient (Wildman–Crippen LogP) is 1.55. The lowest BCUT2D eigenvalue weighted by Crippen LogP contribution is -2.50. The number of piperazine rings is 1. The molecule has 7 heteroatoms. The summed E-state index contributed by atoms with van der Waals surface area (Å²) in [6.07, 6.45) is 3.57. The molecular formula is C20H26FN3O3. The SMILES string of the molecule is O=CN1CCN(C(=O)C2CCC(C(=O)NCc3ccccc3F)CC2)CC1. The largest absolute Gasteiger partial charge is 0.352 e. The number of hydrogen-bond donors (Lipinski definition) is 1. The number of amides is 3. The summed E-state index contributed by atoms with van der Waals surface area (Å²) >= 11 is 0. The number of hydrogen-bond acceptors (Lipinski definition) is 3. The molecule has 0 radical (unpaired) electrons. The normalized spacial score (nSPS) is 23.0. The molecule has 0 aromatic heterocycles. The van der Waals surface area contributed by atoms with Gasteiger partial charge in [0.05, 0.1) is 0 Å². The van der Waals surface area contributed by atoms with E-state index < -0.39 is 0 Å². The Balaban J connectivity index is 1.43. The zero-order chi connectivity index (χ0) is 19.2. The van der Waals surface area contributed by atoms with Crippen LogP contribution < -0.4 is 5.32 Å². The van der Waals surface area contributed by atoms with E-state index in [1.54, 1.807) is 23.1 Å². The number of benzene rings is 1. The highest BCUT2D eigenvalue weighted by Crippen LogP contribution is 2.30. The minimum atomic E-state index is -0.318. The Morgan fingerprint density at radius 1 is 1.04 bits per heavy atom. The van der Waals surface area contributed by atoms with Gasteiger partial charge in [-0.15, -0.1) is 0 Å². The Bertz CT molecular complexity index is 681. The predicted molar refractivity (Wildman–Crippen MR) is 97.9 cm³/mol. The molecule has 0 spiro atoms. The average Bonchev–Trinajstić information content (AvgIpc) is 2.72. The smallest absolute Gasteiger partial charge is 0.225 e. The summed E-state index contributed by atoms with van der Waals surface area (Å²) in [6.45, 7) is 2.53. The zero-order valence-corrected chi connectivity index (χ0v) is 15.4. The molecule has 0 atom stereocenters. The summed E-state index contributed by atoms with van der Waals surface area (Å²) in [7, 11) is 0. The fourth-order valence-corrected chi connectivity index (χ4v) is 3.88. The van der Waals surface area contributed by atoms with E-state index in [4.69, 9.17) is 0 Å². The van der Waals surface area contributed by atoms with Gasteiger partial charge in [0, 0.05) is 50.1 Å². The molecule has 0 bridgehead atoms. The number of halogens is 1. The molecule has 1 heterocycles. The van der Waals surface area contributed by atoms with Gasteiger partial charge in [0.2, 0.25) is 18.2 Å². The van der Waals surface area contributed by atoms with Gasteiger partial charge in [-0.1, -0.05) is 18.2 Å². The molecule has 2 fully saturated rings. The van der Waals surface area contributed by atoms with Crippen LogP contribution in [0.1, 0.15) is 31.2 Å². The van der Waals surface area contributed by atoms with E-state index in [1.165, 1.54) is 6.07 Å². The minimum absolute atomic E-state index is 0.0385. The van der Waals surface area contributed by atoms with Crippen molar-refractivity contribution in [3.63, 3.8) is 0 Å². The van der Waals surface area contributed by atoms with E-state index in [-0.39, 0.29) is 36.0 Å². The first-order valence-corrected chi connectivity index (χ1v) is 9.57. The van der Waals surface area contributed by atoms with Crippen molar-refractivity contribution >= 4 is 18.2 Å². The molecule has 27 heavy (non-hydrogen) atoms. The third-order valence-corrected chi connectivity index (χ3v) is 5.63. The summed E-state index contributed by atoms with van der Waals surface area (Å²) in [5.74, 6) is -0.396. The maximum absolute atomic E-state index is 13.6. The second-order valence-electron chi connectivity index (χ2n) is 7.32. The van der Waals surface area contributed by atoms with Crippen molar-refractivity contribution in [1.29, 1.82) is 0 Å². The van der Waals surface area contributed by atoms with Gasteiger partial charge in [-0.3, -0.25) is 14.4 Å². The second-order valence-corrected chi connectivity index (χ2v) is 7.32. The molecule has 1 aliphatic heterocycles. The van der Waals surface area contributed by atoms with E-state index in [0.29, 0.717) is 57.4 Å². The van der Waals surface area contributed by atoms with Gasteiger partial charge in [-0.05, 0) is 31.7 Å². The van der Waals surface area contributed by atoms with E-state index in [2.05, 4.69) is 5.32 Å². The van der Waals surface area contributed by atoms with Crippen molar-refractivity contribution in [1.82, 2.24) is 15.1 Å². The van der Waals surface area contributed by atoms with Crippen molar-refractivity contribution in [3.05, 3.63) is 35.6 Å². The van der Waals surface area contributed by atoms with Gasteiger partial charge in [0.15, 0.2) is 0 Å². The fourth-order valence-electron chi connectivity index (χ4n) is 3.88. The lowest BCUT2D eigenvalue weighted by molar-refractivity contribution is -0.141. The van der Waals surface area contributed by atoms with E-state index in [9.17, 15) is 18.8 Å². The van der Waals surface area contributed by atoms with Crippen molar-refractivity contribution in [2.75, 3.05) is 26.2 Å². The minimum Gasteiger partial charge on any atom is -0.352 e. The molecule has 2 aliphatic rings. The summed E-state index contributed by atoms with van der Waals surface area (Å²) in [6, 6.07) is 6.41. The van der Waals surface area contributed by atoms with Crippen molar-refractivity contribution < 1.29 is 18.8 Å². The number of carbonyl (C=O) groups excluding carboxylic acids is 3. The van der Waals surface area contributed by atoms with Crippen LogP contribution in [0.4, 0.5) is 4.39 Å². The molecular weight excluding hydrogens is 349 g/mol. The Morgan fingerprint density at radius 2 is 1.67 bits per heavy atom. The second kappa shape index (κ2) is 8.97. The third-order valence-electron chi connectivity index (χ3n) is 5.63. The first-order valence-electron chi connectivity index (χ1n) is 9.57. The van der Waals surface area contributed by atoms with Gasteiger partial charge in [-0.25, -0.2) is 4.39 Å². The summed E-state index contributed by atoms with van der Waals surface area (Å²) in [4.78, 5) is 39.3. The molecule has 3 rings (SSSR count). The average molecular weight is 375 g/mol. The first-order chi connectivity index (χ1) is 13.1. The van der Waals surface area contributed by atoms with Crippen LogP contribution in [-0.2, 0) is 20.9 Å². The number of nitrogens with one attached hydrogen (secondary N) is 1. The van der Waals surface area contributed by atoms with Gasteiger partial charge in [0.1, 0.15) is 5.82 Å². The number of nitrogens with zero attached hydrogens (tertiary/aromatic N) is 2. The summed E-state index contributed by atoms with van der Waals surface area (Å²) in [5, 5.41) is 2.82. The molecule has 1 aromatic carbocycles. The molecule has 1 saturated carbocycles. The Morgan fingerprint density at radius 3 is 2.30 bits per heavy atom. The van der Waals surface area contributed by atoms with Gasteiger partial charge in [-0.2, -0.15) is 0 Å². The van der Waals surface area contributed by atoms with Gasteiger partial charge in [0.25, 0.3) is 0 Å². The fraction of sp³-hybridized carbons (Fsp3) is 0.550. The highest BCUT2D eigenvalue weighted by molar-refractivity contribution is 5.81. The van der Waals surface area contributed by atoms with Crippen LogP contribution in [0.5, 0.6) is 0 Å². The van der Waals surface area contributed by atoms with Crippen molar-refractivity contribution in [3.8, 4) is 0 Å². The Labute approximate surface area is 158 Å². The van der Waals surface area contributed by atoms with Crippen LogP contribution in [0.15, 0.2) is 24.3 Å². The van der Waals surface area contributed by atoms with E-state index in [1.807, 2.05) is 4.90 Å². The van der Waals surface area contributed by atoms with Crippen molar-refractivity contribution in [2.24, 2.45) is 11.8 Å². The highest BCUT2D eigenvalue weighted by Gasteiger charge is 2.33. The summed E-state index contributed by atoms with van der Waals surface area (Å²) < 4.78 is 13.6. The molecule has 1 N–H and O–H groups in total. The molecule has 1 saturated heterocycles. The van der Waals surface area contributed by atoms with Crippen LogP contribution in [-0.4, -0.2) is 54.2 Å². The van der Waals surface area contributed by atoms with E-state index >= 15 is 0 Å². The topological polar surface area (TPSA) is 69.7 Å². The molecule has 0 unspecified atom stereocenters. The van der Waals surface area contributed by atoms with Gasteiger partial charge < -0.3 is 15.1 Å². The standard InChI is InChI=1S/C20H26FN3O3/c21-18-4-2-1-3-17(18)13-22-19(26)15-5-7-16(8-6-15)20(27)24-11-9-23(14-25)10-12-24/h1-4,14-16H,5-13H2,(H,22,26). The Kier molecular flexibility index (Phi) is 6.42. The van der Waals surface area contributed by atoms with Crippen LogP contribution in [0.3, 0.4) is 0 Å². The van der Waals surface area contributed by atoms with Crippen molar-refractivity contribution in [2.45, 2.75) is 32.2 Å². The monoisotopic (exact) mass is 375 g/mol. The van der Waals surface area contributed by atoms with Gasteiger partial charge >= 0.3 is 0 Å².